The first-order valence-corrected chi connectivity index (χ1v) is 6.33. The van der Waals surface area contributed by atoms with Gasteiger partial charge in [-0.3, -0.25) is 4.79 Å². The average molecular weight is 258 g/mol. The van der Waals surface area contributed by atoms with E-state index in [0.29, 0.717) is 11.3 Å². The minimum absolute atomic E-state index is 0.369. The highest BCUT2D eigenvalue weighted by molar-refractivity contribution is 7.99. The van der Waals surface area contributed by atoms with Crippen LogP contribution in [0.1, 0.15) is 15.9 Å². The van der Waals surface area contributed by atoms with Crippen LogP contribution in [-0.2, 0) is 0 Å². The Morgan fingerprint density at radius 3 is 2.39 bits per heavy atom. The normalized spacial score (nSPS) is 10.3. The molecule has 0 aromatic heterocycles. The molecule has 0 atom stereocenters. The van der Waals surface area contributed by atoms with Crippen LogP contribution in [0, 0.1) is 6.92 Å². The standard InChI is InChI=1S/C14H14N2OS/c1-9-5-2-3-7-11(9)18-12-8-4-6-10(13(12)15)14(16)17/h2-8H,15H2,1H3,(H2,16,17). The number of anilines is 1. The number of para-hydroxylation sites is 1. The van der Waals surface area contributed by atoms with Crippen molar-refractivity contribution in [3.63, 3.8) is 0 Å². The third-order valence-corrected chi connectivity index (χ3v) is 3.90. The molecule has 0 radical (unpaired) electrons. The summed E-state index contributed by atoms with van der Waals surface area (Å²) >= 11 is 1.54. The second-order valence-electron chi connectivity index (χ2n) is 3.95. The third kappa shape index (κ3) is 2.49. The minimum atomic E-state index is -0.500. The van der Waals surface area contributed by atoms with Gasteiger partial charge in [-0.15, -0.1) is 0 Å². The van der Waals surface area contributed by atoms with E-state index >= 15 is 0 Å². The summed E-state index contributed by atoms with van der Waals surface area (Å²) < 4.78 is 0. The molecule has 0 heterocycles. The Morgan fingerprint density at radius 1 is 1.06 bits per heavy atom. The number of nitrogens with two attached hydrogens (primary N) is 2. The SMILES string of the molecule is Cc1ccccc1Sc1cccc(C(N)=O)c1N. The van der Waals surface area contributed by atoms with Gasteiger partial charge in [0, 0.05) is 9.79 Å². The first kappa shape index (κ1) is 12.5. The molecule has 0 aliphatic carbocycles. The van der Waals surface area contributed by atoms with Crippen molar-refractivity contribution in [3.8, 4) is 0 Å². The number of rotatable bonds is 3. The fourth-order valence-corrected chi connectivity index (χ4v) is 2.62. The Balaban J connectivity index is 2.39. The molecule has 2 rings (SSSR count). The van der Waals surface area contributed by atoms with Gasteiger partial charge >= 0.3 is 0 Å². The lowest BCUT2D eigenvalue weighted by Crippen LogP contribution is -2.13. The second kappa shape index (κ2) is 5.14. The van der Waals surface area contributed by atoms with Crippen LogP contribution in [-0.4, -0.2) is 5.91 Å². The number of carbonyl (C=O) groups excluding carboxylic acids is 1. The number of benzene rings is 2. The van der Waals surface area contributed by atoms with Crippen molar-refractivity contribution in [2.24, 2.45) is 5.73 Å². The zero-order valence-electron chi connectivity index (χ0n) is 10.0. The van der Waals surface area contributed by atoms with E-state index in [0.717, 1.165) is 9.79 Å². The number of aryl methyl sites for hydroxylation is 1. The summed E-state index contributed by atoms with van der Waals surface area (Å²) in [5, 5.41) is 0. The van der Waals surface area contributed by atoms with Gasteiger partial charge in [0.25, 0.3) is 5.91 Å². The molecule has 0 spiro atoms. The number of hydrogen-bond acceptors (Lipinski definition) is 3. The van der Waals surface area contributed by atoms with Crippen molar-refractivity contribution in [3.05, 3.63) is 53.6 Å². The van der Waals surface area contributed by atoms with E-state index < -0.39 is 5.91 Å². The molecule has 1 amide bonds. The molecule has 0 saturated carbocycles. The number of nitrogen functional groups attached to an aromatic ring is 1. The summed E-state index contributed by atoms with van der Waals surface area (Å²) in [6.07, 6.45) is 0. The van der Waals surface area contributed by atoms with E-state index in [-0.39, 0.29) is 0 Å². The first-order chi connectivity index (χ1) is 8.59. The van der Waals surface area contributed by atoms with Crippen molar-refractivity contribution in [2.45, 2.75) is 16.7 Å². The van der Waals surface area contributed by atoms with E-state index in [1.165, 1.54) is 17.3 Å². The lowest BCUT2D eigenvalue weighted by Gasteiger charge is -2.09. The highest BCUT2D eigenvalue weighted by Gasteiger charge is 2.10. The molecule has 3 nitrogen and oxygen atoms in total. The molecule has 0 bridgehead atoms. The van der Waals surface area contributed by atoms with Gasteiger partial charge in [0.05, 0.1) is 11.3 Å². The number of primary amides is 1. The second-order valence-corrected chi connectivity index (χ2v) is 5.03. The van der Waals surface area contributed by atoms with Crippen LogP contribution in [0.15, 0.2) is 52.3 Å². The molecule has 2 aromatic rings. The Bertz CT molecular complexity index is 596. The monoisotopic (exact) mass is 258 g/mol. The summed E-state index contributed by atoms with van der Waals surface area (Å²) in [6, 6.07) is 13.3. The number of amides is 1. The summed E-state index contributed by atoms with van der Waals surface area (Å²) in [5.74, 6) is -0.500. The molecule has 0 unspecified atom stereocenters. The van der Waals surface area contributed by atoms with Crippen LogP contribution in [0.2, 0.25) is 0 Å². The molecule has 0 fully saturated rings. The first-order valence-electron chi connectivity index (χ1n) is 5.51. The molecular weight excluding hydrogens is 244 g/mol. The van der Waals surface area contributed by atoms with Gasteiger partial charge in [-0.25, -0.2) is 0 Å². The zero-order chi connectivity index (χ0) is 13.1. The molecule has 4 N–H and O–H groups in total. The molecule has 4 heteroatoms. The highest BCUT2D eigenvalue weighted by atomic mass is 32.2. The van der Waals surface area contributed by atoms with Gasteiger partial charge in [0.15, 0.2) is 0 Å². The maximum Gasteiger partial charge on any atom is 0.250 e. The van der Waals surface area contributed by atoms with Crippen LogP contribution in [0.5, 0.6) is 0 Å². The van der Waals surface area contributed by atoms with E-state index in [1.807, 2.05) is 37.3 Å². The highest BCUT2D eigenvalue weighted by Crippen LogP contribution is 2.35. The van der Waals surface area contributed by atoms with Gasteiger partial charge in [-0.2, -0.15) is 0 Å². The van der Waals surface area contributed by atoms with Gasteiger partial charge in [-0.05, 0) is 30.7 Å². The quantitative estimate of drug-likeness (QED) is 0.832. The third-order valence-electron chi connectivity index (χ3n) is 2.65. The Labute approximate surface area is 110 Å². The van der Waals surface area contributed by atoms with Crippen molar-refractivity contribution < 1.29 is 4.79 Å². The van der Waals surface area contributed by atoms with Crippen molar-refractivity contribution in [1.82, 2.24) is 0 Å². The fourth-order valence-electron chi connectivity index (χ4n) is 1.64. The van der Waals surface area contributed by atoms with Crippen LogP contribution < -0.4 is 11.5 Å². The molecule has 0 aliphatic heterocycles. The number of hydrogen-bond donors (Lipinski definition) is 2. The Morgan fingerprint density at radius 2 is 1.72 bits per heavy atom. The van der Waals surface area contributed by atoms with Gasteiger partial charge in [-0.1, -0.05) is 36.0 Å². The largest absolute Gasteiger partial charge is 0.397 e. The maximum atomic E-state index is 11.2. The fraction of sp³-hybridized carbons (Fsp3) is 0.0714. The lowest BCUT2D eigenvalue weighted by atomic mass is 10.2. The molecule has 18 heavy (non-hydrogen) atoms. The number of carbonyl (C=O) groups is 1. The summed E-state index contributed by atoms with van der Waals surface area (Å²) in [6.45, 7) is 2.04. The maximum absolute atomic E-state index is 11.2. The van der Waals surface area contributed by atoms with E-state index in [9.17, 15) is 4.79 Å². The topological polar surface area (TPSA) is 69.1 Å². The lowest BCUT2D eigenvalue weighted by molar-refractivity contribution is 0.100. The molecule has 92 valence electrons. The van der Waals surface area contributed by atoms with Crippen LogP contribution in [0.4, 0.5) is 5.69 Å². The van der Waals surface area contributed by atoms with Crippen molar-refractivity contribution in [1.29, 1.82) is 0 Å². The molecule has 2 aromatic carbocycles. The van der Waals surface area contributed by atoms with Gasteiger partial charge < -0.3 is 11.5 Å². The Hall–Kier alpha value is -1.94. The van der Waals surface area contributed by atoms with Crippen LogP contribution in [0.25, 0.3) is 0 Å². The summed E-state index contributed by atoms with van der Waals surface area (Å²) in [7, 11) is 0. The van der Waals surface area contributed by atoms with Crippen LogP contribution >= 0.6 is 11.8 Å². The zero-order valence-corrected chi connectivity index (χ0v) is 10.8. The minimum Gasteiger partial charge on any atom is -0.397 e. The molecular formula is C14H14N2OS. The van der Waals surface area contributed by atoms with Crippen molar-refractivity contribution in [2.75, 3.05) is 5.73 Å². The summed E-state index contributed by atoms with van der Waals surface area (Å²) in [5.41, 5.74) is 13.2. The predicted molar refractivity (Wildman–Crippen MR) is 74.7 cm³/mol. The van der Waals surface area contributed by atoms with E-state index in [4.69, 9.17) is 11.5 Å². The average Bonchev–Trinajstić information content (AvgIpc) is 2.34. The predicted octanol–water partition coefficient (Wildman–Crippen LogP) is 2.83. The van der Waals surface area contributed by atoms with E-state index in [1.54, 1.807) is 12.1 Å². The van der Waals surface area contributed by atoms with Gasteiger partial charge in [0.1, 0.15) is 0 Å². The van der Waals surface area contributed by atoms with E-state index in [2.05, 4.69) is 0 Å². The molecule has 0 saturated heterocycles. The van der Waals surface area contributed by atoms with Gasteiger partial charge in [0.2, 0.25) is 0 Å². The molecule has 0 aliphatic rings. The van der Waals surface area contributed by atoms with Crippen LogP contribution in [0.3, 0.4) is 0 Å². The smallest absolute Gasteiger partial charge is 0.250 e. The summed E-state index contributed by atoms with van der Waals surface area (Å²) in [4.78, 5) is 13.2. The van der Waals surface area contributed by atoms with Crippen molar-refractivity contribution >= 4 is 23.4 Å². The Kier molecular flexibility index (Phi) is 3.58.